The van der Waals surface area contributed by atoms with Gasteiger partial charge in [-0.2, -0.15) is 0 Å². The number of ether oxygens (including phenoxy) is 1. The van der Waals surface area contributed by atoms with Crippen LogP contribution in [0.5, 0.6) is 5.75 Å². The first-order valence-electron chi connectivity index (χ1n) is 10.0. The molecule has 0 amide bonds. The number of likely N-dealkylation sites (tertiary alicyclic amines) is 1. The Bertz CT molecular complexity index is 912. The number of thioether (sulfide) groups is 1. The van der Waals surface area contributed by atoms with E-state index in [1.807, 2.05) is 18.2 Å². The molecule has 1 saturated heterocycles. The number of rotatable bonds is 8. The van der Waals surface area contributed by atoms with E-state index in [9.17, 15) is 4.39 Å². The summed E-state index contributed by atoms with van der Waals surface area (Å²) in [6.07, 6.45) is 3.81. The first-order valence-corrected chi connectivity index (χ1v) is 11.0. The topological polar surface area (TPSA) is 43.2 Å². The molecular formula is C22H25FN4OS. The molecule has 5 nitrogen and oxygen atoms in total. The summed E-state index contributed by atoms with van der Waals surface area (Å²) in [6, 6.07) is 16.4. The van der Waals surface area contributed by atoms with Gasteiger partial charge in [0.05, 0.1) is 13.2 Å². The SMILES string of the molecule is Fc1cccc(OCCSc2nnc(CN3CCCCC3)n2-c2ccccc2)c1. The van der Waals surface area contributed by atoms with Crippen LogP contribution >= 0.6 is 11.8 Å². The second-order valence-electron chi connectivity index (χ2n) is 7.06. The van der Waals surface area contributed by atoms with Crippen LogP contribution in [0.25, 0.3) is 5.69 Å². The lowest BCUT2D eigenvalue weighted by atomic mass is 10.1. The summed E-state index contributed by atoms with van der Waals surface area (Å²) in [5.74, 6) is 1.92. The third-order valence-corrected chi connectivity index (χ3v) is 5.80. The molecule has 0 saturated carbocycles. The number of hydrogen-bond donors (Lipinski definition) is 0. The van der Waals surface area contributed by atoms with E-state index in [1.165, 1.54) is 31.4 Å². The Morgan fingerprint density at radius 3 is 2.59 bits per heavy atom. The van der Waals surface area contributed by atoms with E-state index in [-0.39, 0.29) is 5.82 Å². The highest BCUT2D eigenvalue weighted by Gasteiger charge is 2.18. The lowest BCUT2D eigenvalue weighted by Gasteiger charge is -2.26. The molecule has 0 atom stereocenters. The van der Waals surface area contributed by atoms with Crippen molar-refractivity contribution in [3.05, 3.63) is 66.2 Å². The van der Waals surface area contributed by atoms with Crippen molar-refractivity contribution in [1.29, 1.82) is 0 Å². The molecule has 3 aromatic rings. The average molecular weight is 413 g/mol. The van der Waals surface area contributed by atoms with E-state index in [0.717, 1.165) is 36.3 Å². The van der Waals surface area contributed by atoms with Crippen molar-refractivity contribution >= 4 is 11.8 Å². The predicted molar refractivity (Wildman–Crippen MR) is 113 cm³/mol. The van der Waals surface area contributed by atoms with Crippen LogP contribution in [0.2, 0.25) is 0 Å². The zero-order chi connectivity index (χ0) is 19.9. The Hall–Kier alpha value is -2.38. The third-order valence-electron chi connectivity index (χ3n) is 4.91. The van der Waals surface area contributed by atoms with Crippen molar-refractivity contribution in [1.82, 2.24) is 19.7 Å². The van der Waals surface area contributed by atoms with Crippen LogP contribution in [-0.2, 0) is 6.54 Å². The lowest BCUT2D eigenvalue weighted by Crippen LogP contribution is -2.30. The fourth-order valence-corrected chi connectivity index (χ4v) is 4.29. The molecule has 0 spiro atoms. The number of benzene rings is 2. The van der Waals surface area contributed by atoms with Crippen LogP contribution in [0.15, 0.2) is 59.8 Å². The number of halogens is 1. The van der Waals surface area contributed by atoms with Gasteiger partial charge in [-0.25, -0.2) is 4.39 Å². The molecular weight excluding hydrogens is 387 g/mol. The van der Waals surface area contributed by atoms with E-state index in [2.05, 4.69) is 31.8 Å². The zero-order valence-corrected chi connectivity index (χ0v) is 17.2. The maximum Gasteiger partial charge on any atom is 0.195 e. The molecule has 1 aliphatic heterocycles. The van der Waals surface area contributed by atoms with Gasteiger partial charge in [0, 0.05) is 17.5 Å². The van der Waals surface area contributed by atoms with Crippen LogP contribution in [0, 0.1) is 5.82 Å². The molecule has 0 aliphatic carbocycles. The Balaban J connectivity index is 1.44. The number of nitrogens with zero attached hydrogens (tertiary/aromatic N) is 4. The molecule has 7 heteroatoms. The molecule has 152 valence electrons. The van der Waals surface area contributed by atoms with Crippen LogP contribution in [0.3, 0.4) is 0 Å². The summed E-state index contributed by atoms with van der Waals surface area (Å²) < 4.78 is 21.1. The quantitative estimate of drug-likeness (QED) is 0.401. The first-order chi connectivity index (χ1) is 14.3. The molecule has 1 fully saturated rings. The summed E-state index contributed by atoms with van der Waals surface area (Å²) >= 11 is 1.60. The normalized spacial score (nSPS) is 14.8. The molecule has 29 heavy (non-hydrogen) atoms. The van der Waals surface area contributed by atoms with E-state index < -0.39 is 0 Å². The number of piperidine rings is 1. The standard InChI is InChI=1S/C22H25FN4OS/c23-18-8-7-11-20(16-18)28-14-15-29-22-25-24-21(17-26-12-5-2-6-13-26)27(22)19-9-3-1-4-10-19/h1,3-4,7-11,16H,2,5-6,12-15,17H2. The van der Waals surface area contributed by atoms with Crippen molar-refractivity contribution in [2.45, 2.75) is 31.0 Å². The van der Waals surface area contributed by atoms with E-state index >= 15 is 0 Å². The summed E-state index contributed by atoms with van der Waals surface area (Å²) in [4.78, 5) is 2.45. The van der Waals surface area contributed by atoms with Crippen LogP contribution in [0.1, 0.15) is 25.1 Å². The van der Waals surface area contributed by atoms with Crippen molar-refractivity contribution in [2.24, 2.45) is 0 Å². The van der Waals surface area contributed by atoms with Gasteiger partial charge in [0.25, 0.3) is 0 Å². The van der Waals surface area contributed by atoms with Gasteiger partial charge < -0.3 is 4.74 Å². The van der Waals surface area contributed by atoms with Crippen molar-refractivity contribution in [2.75, 3.05) is 25.4 Å². The highest BCUT2D eigenvalue weighted by atomic mass is 32.2. The molecule has 4 rings (SSSR count). The Labute approximate surface area is 174 Å². The number of para-hydroxylation sites is 1. The first kappa shape index (κ1) is 19.9. The molecule has 2 aromatic carbocycles. The maximum absolute atomic E-state index is 13.3. The Morgan fingerprint density at radius 2 is 1.79 bits per heavy atom. The largest absolute Gasteiger partial charge is 0.493 e. The number of hydrogen-bond acceptors (Lipinski definition) is 5. The summed E-state index contributed by atoms with van der Waals surface area (Å²) in [5, 5.41) is 9.80. The molecule has 1 aliphatic rings. The van der Waals surface area contributed by atoms with E-state index in [1.54, 1.807) is 23.9 Å². The number of aromatic nitrogens is 3. The van der Waals surface area contributed by atoms with Gasteiger partial charge in [-0.05, 0) is 50.2 Å². The van der Waals surface area contributed by atoms with E-state index in [0.29, 0.717) is 18.1 Å². The van der Waals surface area contributed by atoms with Gasteiger partial charge in [-0.1, -0.05) is 42.4 Å². The zero-order valence-electron chi connectivity index (χ0n) is 16.3. The van der Waals surface area contributed by atoms with E-state index in [4.69, 9.17) is 4.74 Å². The molecule has 0 bridgehead atoms. The second kappa shape index (κ2) is 9.89. The highest BCUT2D eigenvalue weighted by Crippen LogP contribution is 2.24. The average Bonchev–Trinajstić information content (AvgIpc) is 3.15. The van der Waals surface area contributed by atoms with Gasteiger partial charge in [0.1, 0.15) is 11.6 Å². The molecule has 0 N–H and O–H groups in total. The minimum atomic E-state index is -0.290. The molecule has 2 heterocycles. The van der Waals surface area contributed by atoms with Crippen molar-refractivity contribution in [3.8, 4) is 11.4 Å². The fraction of sp³-hybridized carbons (Fsp3) is 0.364. The minimum Gasteiger partial charge on any atom is -0.493 e. The third kappa shape index (κ3) is 5.36. The van der Waals surface area contributed by atoms with Gasteiger partial charge in [-0.15, -0.1) is 10.2 Å². The molecule has 0 unspecified atom stereocenters. The van der Waals surface area contributed by atoms with Crippen LogP contribution < -0.4 is 4.74 Å². The van der Waals surface area contributed by atoms with Gasteiger partial charge in [-0.3, -0.25) is 9.47 Å². The van der Waals surface area contributed by atoms with Gasteiger partial charge in [0.2, 0.25) is 0 Å². The van der Waals surface area contributed by atoms with Crippen LogP contribution in [0.4, 0.5) is 4.39 Å². The minimum absolute atomic E-state index is 0.290. The maximum atomic E-state index is 13.3. The highest BCUT2D eigenvalue weighted by molar-refractivity contribution is 7.99. The lowest BCUT2D eigenvalue weighted by molar-refractivity contribution is 0.214. The summed E-state index contributed by atoms with van der Waals surface area (Å²) in [6.45, 7) is 3.51. The predicted octanol–water partition coefficient (Wildman–Crippen LogP) is 4.56. The summed E-state index contributed by atoms with van der Waals surface area (Å²) in [5.41, 5.74) is 1.07. The van der Waals surface area contributed by atoms with Crippen molar-refractivity contribution < 1.29 is 9.13 Å². The fourth-order valence-electron chi connectivity index (χ4n) is 3.50. The Kier molecular flexibility index (Phi) is 6.79. The van der Waals surface area contributed by atoms with Gasteiger partial charge >= 0.3 is 0 Å². The Morgan fingerprint density at radius 1 is 0.966 bits per heavy atom. The van der Waals surface area contributed by atoms with Crippen LogP contribution in [-0.4, -0.2) is 45.1 Å². The smallest absolute Gasteiger partial charge is 0.195 e. The van der Waals surface area contributed by atoms with Crippen molar-refractivity contribution in [3.63, 3.8) is 0 Å². The monoisotopic (exact) mass is 412 g/mol. The second-order valence-corrected chi connectivity index (χ2v) is 8.12. The molecule has 0 radical (unpaired) electrons. The summed E-state index contributed by atoms with van der Waals surface area (Å²) in [7, 11) is 0. The van der Waals surface area contributed by atoms with Gasteiger partial charge in [0.15, 0.2) is 11.0 Å². The molecule has 1 aromatic heterocycles.